The number of nitrogens with zero attached hydrogens (tertiary/aromatic N) is 4. The summed E-state index contributed by atoms with van der Waals surface area (Å²) in [5.41, 5.74) is 7.42. The van der Waals surface area contributed by atoms with Crippen LogP contribution < -0.4 is 15.2 Å². The van der Waals surface area contributed by atoms with Gasteiger partial charge in [-0.1, -0.05) is 18.2 Å². The molecule has 0 radical (unpaired) electrons. The Morgan fingerprint density at radius 2 is 1.63 bits per heavy atom. The van der Waals surface area contributed by atoms with Gasteiger partial charge in [-0.15, -0.1) is 5.10 Å². The molecular weight excluding hydrogens is 484 g/mol. The standard InChI is InChI=1S/C21H17F6N5O3/c1-33-14-4-2-3-13-16(14)30-19(28)32-17(13)29-15(31-32)10-34-9-11-5-7-12(8-6-11)35-18(20(22,23)24)21(25,26)27/h2-8,18H,9-10H2,1H3,(H2,28,30). The highest BCUT2D eigenvalue weighted by molar-refractivity contribution is 5.95. The lowest BCUT2D eigenvalue weighted by atomic mass is 10.2. The number of hydrogen-bond acceptors (Lipinski definition) is 7. The summed E-state index contributed by atoms with van der Waals surface area (Å²) in [5.74, 6) is 0.303. The number of anilines is 1. The van der Waals surface area contributed by atoms with Crippen molar-refractivity contribution < 1.29 is 40.6 Å². The highest BCUT2D eigenvalue weighted by Gasteiger charge is 2.59. The van der Waals surface area contributed by atoms with Gasteiger partial charge in [0.05, 0.1) is 13.7 Å². The van der Waals surface area contributed by atoms with Crippen LogP contribution in [0.25, 0.3) is 16.6 Å². The van der Waals surface area contributed by atoms with E-state index in [-0.39, 0.29) is 25.0 Å². The van der Waals surface area contributed by atoms with Gasteiger partial charge >= 0.3 is 12.4 Å². The van der Waals surface area contributed by atoms with Crippen LogP contribution in [0.2, 0.25) is 0 Å². The van der Waals surface area contributed by atoms with Crippen LogP contribution >= 0.6 is 0 Å². The normalized spacial score (nSPS) is 12.6. The fraction of sp³-hybridized carbons (Fsp3) is 0.286. The van der Waals surface area contributed by atoms with E-state index < -0.39 is 24.2 Å². The Hall–Kier alpha value is -3.81. The lowest BCUT2D eigenvalue weighted by Crippen LogP contribution is -2.46. The second-order valence-corrected chi connectivity index (χ2v) is 7.31. The number of ether oxygens (including phenoxy) is 3. The molecule has 186 valence electrons. The first-order chi connectivity index (χ1) is 16.5. The SMILES string of the molecule is COc1cccc2c1nc(N)n1nc(COCc3ccc(OC(C(F)(F)F)C(F)(F)F)cc3)nc21. The molecule has 0 saturated carbocycles. The summed E-state index contributed by atoms with van der Waals surface area (Å²) in [7, 11) is 1.50. The van der Waals surface area contributed by atoms with E-state index >= 15 is 0 Å². The summed E-state index contributed by atoms with van der Waals surface area (Å²) in [6.45, 7) is -0.0604. The topological polar surface area (TPSA) is 96.8 Å². The van der Waals surface area contributed by atoms with E-state index in [4.69, 9.17) is 15.2 Å². The van der Waals surface area contributed by atoms with Crippen LogP contribution in [0.4, 0.5) is 32.3 Å². The molecule has 0 aliphatic rings. The summed E-state index contributed by atoms with van der Waals surface area (Å²) in [5, 5.41) is 4.92. The van der Waals surface area contributed by atoms with Crippen LogP contribution in [0.15, 0.2) is 42.5 Å². The third kappa shape index (κ3) is 5.16. The number of benzene rings is 2. The maximum absolute atomic E-state index is 12.6. The van der Waals surface area contributed by atoms with Gasteiger partial charge in [-0.2, -0.15) is 30.9 Å². The van der Waals surface area contributed by atoms with Gasteiger partial charge in [-0.25, -0.2) is 9.97 Å². The maximum atomic E-state index is 12.6. The Labute approximate surface area is 193 Å². The van der Waals surface area contributed by atoms with E-state index in [2.05, 4.69) is 19.8 Å². The minimum absolute atomic E-state index is 0.0138. The molecule has 2 N–H and O–H groups in total. The number of halogens is 6. The molecule has 4 rings (SSSR count). The number of aromatic nitrogens is 4. The molecule has 14 heteroatoms. The molecule has 0 unspecified atom stereocenters. The average Bonchev–Trinajstić information content (AvgIpc) is 3.22. The first kappa shape index (κ1) is 24.3. The molecule has 0 amide bonds. The molecule has 0 atom stereocenters. The predicted octanol–water partition coefficient (Wildman–Crippen LogP) is 4.46. The molecule has 4 aromatic rings. The van der Waals surface area contributed by atoms with E-state index in [0.717, 1.165) is 12.1 Å². The van der Waals surface area contributed by atoms with Crippen molar-refractivity contribution in [1.82, 2.24) is 19.6 Å². The van der Waals surface area contributed by atoms with E-state index in [1.807, 2.05) is 0 Å². The number of rotatable bonds is 7. The Kier molecular flexibility index (Phi) is 6.32. The van der Waals surface area contributed by atoms with Crippen LogP contribution in [-0.4, -0.2) is 45.1 Å². The molecule has 0 spiro atoms. The number of para-hydroxylation sites is 1. The molecule has 0 fully saturated rings. The molecule has 8 nitrogen and oxygen atoms in total. The zero-order valence-electron chi connectivity index (χ0n) is 17.9. The van der Waals surface area contributed by atoms with Crippen molar-refractivity contribution in [3.8, 4) is 11.5 Å². The lowest BCUT2D eigenvalue weighted by molar-refractivity contribution is -0.299. The predicted molar refractivity (Wildman–Crippen MR) is 111 cm³/mol. The van der Waals surface area contributed by atoms with Crippen LogP contribution in [0.3, 0.4) is 0 Å². The van der Waals surface area contributed by atoms with Gasteiger partial charge in [-0.3, -0.25) is 0 Å². The molecule has 2 aromatic heterocycles. The molecule has 35 heavy (non-hydrogen) atoms. The van der Waals surface area contributed by atoms with Gasteiger partial charge in [0.25, 0.3) is 6.10 Å². The molecule has 0 aliphatic heterocycles. The Bertz CT molecular complexity index is 1320. The third-order valence-electron chi connectivity index (χ3n) is 4.83. The second-order valence-electron chi connectivity index (χ2n) is 7.31. The Balaban J connectivity index is 1.43. The fourth-order valence-electron chi connectivity index (χ4n) is 3.27. The van der Waals surface area contributed by atoms with Crippen molar-refractivity contribution in [2.24, 2.45) is 0 Å². The van der Waals surface area contributed by atoms with Crippen LogP contribution in [0.1, 0.15) is 11.4 Å². The number of alkyl halides is 6. The number of nitrogen functional groups attached to an aromatic ring is 1. The minimum Gasteiger partial charge on any atom is -0.494 e. The zero-order chi connectivity index (χ0) is 25.4. The second kappa shape index (κ2) is 9.09. The molecular formula is C21H17F6N5O3. The number of nitrogens with two attached hydrogens (primary N) is 1. The zero-order valence-corrected chi connectivity index (χ0v) is 17.9. The average molecular weight is 501 g/mol. The monoisotopic (exact) mass is 501 g/mol. The lowest BCUT2D eigenvalue weighted by Gasteiger charge is -2.23. The molecule has 0 bridgehead atoms. The van der Waals surface area contributed by atoms with Gasteiger partial charge < -0.3 is 19.9 Å². The van der Waals surface area contributed by atoms with Gasteiger partial charge in [0.2, 0.25) is 5.95 Å². The largest absolute Gasteiger partial charge is 0.494 e. The summed E-state index contributed by atoms with van der Waals surface area (Å²) in [6.07, 6.45) is -15.1. The van der Waals surface area contributed by atoms with E-state index in [1.54, 1.807) is 18.2 Å². The van der Waals surface area contributed by atoms with Gasteiger partial charge in [0.15, 0.2) is 11.5 Å². The molecule has 0 aliphatic carbocycles. The van der Waals surface area contributed by atoms with E-state index in [9.17, 15) is 26.3 Å². The van der Waals surface area contributed by atoms with Crippen molar-refractivity contribution >= 4 is 22.5 Å². The summed E-state index contributed by atoms with van der Waals surface area (Å²) in [4.78, 5) is 8.71. The van der Waals surface area contributed by atoms with Crippen LogP contribution in [-0.2, 0) is 18.0 Å². The molecule has 0 saturated heterocycles. The summed E-state index contributed by atoms with van der Waals surface area (Å²) in [6, 6.07) is 9.86. The van der Waals surface area contributed by atoms with Gasteiger partial charge in [0, 0.05) is 5.39 Å². The van der Waals surface area contributed by atoms with Crippen LogP contribution in [0, 0.1) is 0 Å². The summed E-state index contributed by atoms with van der Waals surface area (Å²) < 4.78 is 92.1. The van der Waals surface area contributed by atoms with Crippen molar-refractivity contribution in [2.45, 2.75) is 31.7 Å². The Morgan fingerprint density at radius 3 is 2.26 bits per heavy atom. The molecule has 2 aromatic carbocycles. The Morgan fingerprint density at radius 1 is 0.943 bits per heavy atom. The van der Waals surface area contributed by atoms with E-state index in [0.29, 0.717) is 27.9 Å². The first-order valence-electron chi connectivity index (χ1n) is 9.92. The van der Waals surface area contributed by atoms with Crippen LogP contribution in [0.5, 0.6) is 11.5 Å². The minimum atomic E-state index is -5.60. The maximum Gasteiger partial charge on any atom is 0.434 e. The number of fused-ring (bicyclic) bond motifs is 3. The number of hydrogen-bond donors (Lipinski definition) is 1. The van der Waals surface area contributed by atoms with E-state index in [1.165, 1.54) is 23.8 Å². The summed E-state index contributed by atoms with van der Waals surface area (Å²) >= 11 is 0. The first-order valence-corrected chi connectivity index (χ1v) is 9.92. The fourth-order valence-corrected chi connectivity index (χ4v) is 3.27. The highest BCUT2D eigenvalue weighted by atomic mass is 19.4. The van der Waals surface area contributed by atoms with Crippen molar-refractivity contribution in [3.63, 3.8) is 0 Å². The van der Waals surface area contributed by atoms with Gasteiger partial charge in [0.1, 0.15) is 23.6 Å². The molecule has 2 heterocycles. The van der Waals surface area contributed by atoms with Crippen molar-refractivity contribution in [3.05, 3.63) is 53.9 Å². The third-order valence-corrected chi connectivity index (χ3v) is 4.83. The smallest absolute Gasteiger partial charge is 0.434 e. The van der Waals surface area contributed by atoms with Crippen molar-refractivity contribution in [2.75, 3.05) is 12.8 Å². The quantitative estimate of drug-likeness (QED) is 0.374. The number of methoxy groups -OCH3 is 1. The van der Waals surface area contributed by atoms with Crippen molar-refractivity contribution in [1.29, 1.82) is 0 Å². The van der Waals surface area contributed by atoms with Gasteiger partial charge in [-0.05, 0) is 29.8 Å². The highest BCUT2D eigenvalue weighted by Crippen LogP contribution is 2.36.